The summed E-state index contributed by atoms with van der Waals surface area (Å²) in [6.07, 6.45) is 5.20. The van der Waals surface area contributed by atoms with E-state index < -0.39 is 0 Å². The fourth-order valence-electron chi connectivity index (χ4n) is 2.30. The van der Waals surface area contributed by atoms with E-state index in [1.807, 2.05) is 30.6 Å². The minimum atomic E-state index is 0.0193. The van der Waals surface area contributed by atoms with Crippen LogP contribution < -0.4 is 5.32 Å². The molecule has 1 aromatic carbocycles. The molecular weight excluding hydrogens is 248 g/mol. The number of nitrogens with one attached hydrogen (secondary N) is 1. The minimum Gasteiger partial charge on any atom is -0.305 e. The summed E-state index contributed by atoms with van der Waals surface area (Å²) in [5, 5.41) is 4.59. The third-order valence-corrected chi connectivity index (χ3v) is 3.24. The zero-order chi connectivity index (χ0) is 13.8. The van der Waals surface area contributed by atoms with Crippen LogP contribution in [0.15, 0.2) is 55.1 Å². The lowest BCUT2D eigenvalue weighted by Crippen LogP contribution is -2.23. The molecule has 0 fully saturated rings. The number of nitrogens with zero attached hydrogens (tertiary/aromatic N) is 3. The quantitative estimate of drug-likeness (QED) is 0.787. The summed E-state index contributed by atoms with van der Waals surface area (Å²) >= 11 is 0. The first-order chi connectivity index (χ1) is 9.88. The maximum atomic E-state index is 4.75. The summed E-state index contributed by atoms with van der Waals surface area (Å²) in [5.41, 5.74) is 3.02. The van der Waals surface area contributed by atoms with Gasteiger partial charge in [-0.3, -0.25) is 4.98 Å². The van der Waals surface area contributed by atoms with Crippen LogP contribution in [0.2, 0.25) is 0 Å². The van der Waals surface area contributed by atoms with Gasteiger partial charge >= 0.3 is 0 Å². The number of benzene rings is 1. The van der Waals surface area contributed by atoms with Crippen molar-refractivity contribution in [1.82, 2.24) is 20.3 Å². The highest BCUT2D eigenvalue weighted by Crippen LogP contribution is 2.21. The van der Waals surface area contributed by atoms with Crippen LogP contribution in [0.4, 0.5) is 0 Å². The Labute approximate surface area is 117 Å². The normalized spacial score (nSPS) is 12.4. The van der Waals surface area contributed by atoms with Crippen molar-refractivity contribution in [3.63, 3.8) is 0 Å². The van der Waals surface area contributed by atoms with Crippen LogP contribution in [0.5, 0.6) is 0 Å². The molecule has 0 saturated carbocycles. The van der Waals surface area contributed by atoms with E-state index >= 15 is 0 Å². The number of hydrogen-bond acceptors (Lipinski definition) is 4. The monoisotopic (exact) mass is 264 g/mol. The summed E-state index contributed by atoms with van der Waals surface area (Å²) in [6.45, 7) is 2.94. The number of pyridine rings is 1. The maximum absolute atomic E-state index is 4.75. The minimum absolute atomic E-state index is 0.0193. The molecule has 0 aliphatic carbocycles. The van der Waals surface area contributed by atoms with Crippen LogP contribution in [0, 0.1) is 0 Å². The first-order valence-electron chi connectivity index (χ1n) is 6.72. The van der Waals surface area contributed by atoms with Gasteiger partial charge in [-0.05, 0) is 18.7 Å². The van der Waals surface area contributed by atoms with Crippen molar-refractivity contribution in [1.29, 1.82) is 0 Å². The Morgan fingerprint density at radius 2 is 1.85 bits per heavy atom. The molecule has 4 heteroatoms. The maximum Gasteiger partial charge on any atom is 0.115 e. The van der Waals surface area contributed by atoms with Crippen LogP contribution in [0.25, 0.3) is 10.9 Å². The molecule has 0 radical (unpaired) electrons. The Kier molecular flexibility index (Phi) is 3.65. The molecule has 1 N–H and O–H groups in total. The zero-order valence-electron chi connectivity index (χ0n) is 11.3. The van der Waals surface area contributed by atoms with Gasteiger partial charge in [0.1, 0.15) is 6.33 Å². The van der Waals surface area contributed by atoms with Crippen molar-refractivity contribution < 1.29 is 0 Å². The van der Waals surface area contributed by atoms with Gasteiger partial charge in [-0.25, -0.2) is 9.97 Å². The highest BCUT2D eigenvalue weighted by molar-refractivity contribution is 5.78. The van der Waals surface area contributed by atoms with Crippen LogP contribution in [0.1, 0.15) is 24.2 Å². The van der Waals surface area contributed by atoms with E-state index in [0.717, 1.165) is 28.7 Å². The van der Waals surface area contributed by atoms with Crippen molar-refractivity contribution in [3.05, 3.63) is 66.4 Å². The van der Waals surface area contributed by atoms with E-state index in [9.17, 15) is 0 Å². The fourth-order valence-corrected chi connectivity index (χ4v) is 2.30. The number of rotatable bonds is 4. The smallest absolute Gasteiger partial charge is 0.115 e. The third kappa shape index (κ3) is 2.51. The molecule has 100 valence electrons. The van der Waals surface area contributed by atoms with Gasteiger partial charge < -0.3 is 5.32 Å². The van der Waals surface area contributed by atoms with E-state index in [4.69, 9.17) is 4.98 Å². The van der Waals surface area contributed by atoms with Gasteiger partial charge in [0.25, 0.3) is 0 Å². The first kappa shape index (κ1) is 12.7. The van der Waals surface area contributed by atoms with Crippen LogP contribution >= 0.6 is 0 Å². The largest absolute Gasteiger partial charge is 0.305 e. The molecule has 0 aliphatic rings. The summed E-state index contributed by atoms with van der Waals surface area (Å²) in [5.74, 6) is 0. The van der Waals surface area contributed by atoms with Crippen molar-refractivity contribution in [2.24, 2.45) is 0 Å². The van der Waals surface area contributed by atoms with Gasteiger partial charge in [-0.1, -0.05) is 31.2 Å². The Bertz CT molecular complexity index is 697. The number of hydrogen-bond donors (Lipinski definition) is 1. The van der Waals surface area contributed by atoms with Gasteiger partial charge in [0.05, 0.1) is 17.3 Å². The standard InChI is InChI=1S/C16H16N4/c1-2-19-16(13-9-17-11-18-10-13)15-8-7-12-5-3-4-6-14(12)20-15/h3-11,16,19H,2H2,1H3. The van der Waals surface area contributed by atoms with Gasteiger partial charge in [-0.2, -0.15) is 0 Å². The molecule has 1 unspecified atom stereocenters. The van der Waals surface area contributed by atoms with Gasteiger partial charge in [0.15, 0.2) is 0 Å². The second kappa shape index (κ2) is 5.75. The van der Waals surface area contributed by atoms with Crippen molar-refractivity contribution >= 4 is 10.9 Å². The Balaban J connectivity index is 2.05. The Hall–Kier alpha value is -2.33. The first-order valence-corrected chi connectivity index (χ1v) is 6.72. The SMILES string of the molecule is CCNC(c1cncnc1)c1ccc2ccccc2n1. The Morgan fingerprint density at radius 1 is 1.05 bits per heavy atom. The molecule has 2 heterocycles. The lowest BCUT2D eigenvalue weighted by atomic mass is 10.1. The van der Waals surface area contributed by atoms with Crippen LogP contribution in [-0.4, -0.2) is 21.5 Å². The van der Waals surface area contributed by atoms with E-state index in [2.05, 4.69) is 40.4 Å². The molecule has 0 bridgehead atoms. The number of para-hydroxylation sites is 1. The third-order valence-electron chi connectivity index (χ3n) is 3.24. The van der Waals surface area contributed by atoms with E-state index in [1.54, 1.807) is 6.33 Å². The van der Waals surface area contributed by atoms with Crippen molar-refractivity contribution in [2.45, 2.75) is 13.0 Å². The predicted octanol–water partition coefficient (Wildman–Crippen LogP) is 2.72. The van der Waals surface area contributed by atoms with E-state index in [0.29, 0.717) is 0 Å². The molecule has 4 nitrogen and oxygen atoms in total. The van der Waals surface area contributed by atoms with Gasteiger partial charge in [0.2, 0.25) is 0 Å². The topological polar surface area (TPSA) is 50.7 Å². The van der Waals surface area contributed by atoms with E-state index in [1.165, 1.54) is 0 Å². The zero-order valence-corrected chi connectivity index (χ0v) is 11.3. The summed E-state index contributed by atoms with van der Waals surface area (Å²) < 4.78 is 0. The molecule has 3 rings (SSSR count). The lowest BCUT2D eigenvalue weighted by molar-refractivity contribution is 0.613. The Morgan fingerprint density at radius 3 is 2.65 bits per heavy atom. The molecule has 2 aromatic heterocycles. The molecule has 3 aromatic rings. The average molecular weight is 264 g/mol. The van der Waals surface area contributed by atoms with Gasteiger partial charge in [-0.15, -0.1) is 0 Å². The second-order valence-corrected chi connectivity index (χ2v) is 4.59. The fraction of sp³-hybridized carbons (Fsp3) is 0.188. The summed E-state index contributed by atoms with van der Waals surface area (Å²) in [4.78, 5) is 12.9. The molecule has 20 heavy (non-hydrogen) atoms. The molecule has 0 saturated heterocycles. The number of aromatic nitrogens is 3. The molecule has 0 aliphatic heterocycles. The highest BCUT2D eigenvalue weighted by atomic mass is 14.9. The average Bonchev–Trinajstić information content (AvgIpc) is 2.53. The lowest BCUT2D eigenvalue weighted by Gasteiger charge is -2.17. The second-order valence-electron chi connectivity index (χ2n) is 4.59. The molecule has 0 spiro atoms. The summed E-state index contributed by atoms with van der Waals surface area (Å²) in [6, 6.07) is 12.3. The van der Waals surface area contributed by atoms with Crippen LogP contribution in [0.3, 0.4) is 0 Å². The van der Waals surface area contributed by atoms with Crippen molar-refractivity contribution in [3.8, 4) is 0 Å². The number of fused-ring (bicyclic) bond motifs is 1. The molecular formula is C16H16N4. The summed E-state index contributed by atoms with van der Waals surface area (Å²) in [7, 11) is 0. The van der Waals surface area contributed by atoms with Crippen molar-refractivity contribution in [2.75, 3.05) is 6.54 Å². The molecule has 0 amide bonds. The molecule has 1 atom stereocenters. The van der Waals surface area contributed by atoms with Crippen LogP contribution in [-0.2, 0) is 0 Å². The predicted molar refractivity (Wildman–Crippen MR) is 79.3 cm³/mol. The highest BCUT2D eigenvalue weighted by Gasteiger charge is 2.15. The van der Waals surface area contributed by atoms with Gasteiger partial charge in [0, 0.05) is 23.3 Å². The van der Waals surface area contributed by atoms with E-state index in [-0.39, 0.29) is 6.04 Å².